The van der Waals surface area contributed by atoms with Crippen LogP contribution in [-0.2, 0) is 13.0 Å². The molecule has 5 nitrogen and oxygen atoms in total. The zero-order valence-corrected chi connectivity index (χ0v) is 16.0. The van der Waals surface area contributed by atoms with Crippen LogP contribution in [0, 0.1) is 11.6 Å². The highest BCUT2D eigenvalue weighted by molar-refractivity contribution is 5.95. The summed E-state index contributed by atoms with van der Waals surface area (Å²) in [6.07, 6.45) is 4.32. The second kappa shape index (κ2) is 8.21. The van der Waals surface area contributed by atoms with E-state index in [1.54, 1.807) is 12.1 Å². The van der Waals surface area contributed by atoms with Crippen molar-refractivity contribution in [3.8, 4) is 5.75 Å². The van der Waals surface area contributed by atoms with Crippen molar-refractivity contribution in [3.63, 3.8) is 0 Å². The standard InChI is InChI=1S/C22H23F2N3O2/c23-15-4-3-14-7-10-27(20(14)11-15)9-2-1-8-26-16-12-18-17(22(25)28)5-6-19(24)21(18)29-13-16/h3-7,10-11,16,26H,1-2,8-9,12-13H2,(H2,25,28). The summed E-state index contributed by atoms with van der Waals surface area (Å²) in [6, 6.07) is 9.40. The fraction of sp³-hybridized carbons (Fsp3) is 0.318. The molecule has 0 saturated heterocycles. The Kier molecular flexibility index (Phi) is 5.49. The lowest BCUT2D eigenvalue weighted by molar-refractivity contribution is 0.0997. The average Bonchev–Trinajstić information content (AvgIpc) is 3.09. The van der Waals surface area contributed by atoms with Crippen LogP contribution in [0.25, 0.3) is 10.9 Å². The van der Waals surface area contributed by atoms with Crippen molar-refractivity contribution in [1.82, 2.24) is 9.88 Å². The molecule has 1 aliphatic heterocycles. The first-order chi connectivity index (χ1) is 14.0. The van der Waals surface area contributed by atoms with E-state index in [0.29, 0.717) is 24.2 Å². The summed E-state index contributed by atoms with van der Waals surface area (Å²) < 4.78 is 35.0. The van der Waals surface area contributed by atoms with Crippen molar-refractivity contribution >= 4 is 16.8 Å². The number of ether oxygens (including phenoxy) is 1. The number of amides is 1. The molecule has 0 bridgehead atoms. The Morgan fingerprint density at radius 2 is 2.07 bits per heavy atom. The first kappa shape index (κ1) is 19.4. The topological polar surface area (TPSA) is 69.3 Å². The van der Waals surface area contributed by atoms with E-state index < -0.39 is 11.7 Å². The van der Waals surface area contributed by atoms with Gasteiger partial charge in [0.15, 0.2) is 11.6 Å². The van der Waals surface area contributed by atoms with Gasteiger partial charge in [-0.1, -0.05) is 0 Å². The van der Waals surface area contributed by atoms with Crippen LogP contribution in [0.1, 0.15) is 28.8 Å². The van der Waals surface area contributed by atoms with Crippen LogP contribution in [0.4, 0.5) is 8.78 Å². The van der Waals surface area contributed by atoms with Gasteiger partial charge >= 0.3 is 0 Å². The minimum Gasteiger partial charge on any atom is -0.489 e. The van der Waals surface area contributed by atoms with Crippen molar-refractivity contribution in [2.45, 2.75) is 31.8 Å². The third-order valence-corrected chi connectivity index (χ3v) is 5.35. The number of rotatable bonds is 7. The molecule has 152 valence electrons. The third-order valence-electron chi connectivity index (χ3n) is 5.35. The van der Waals surface area contributed by atoms with Gasteiger partial charge in [-0.25, -0.2) is 8.78 Å². The summed E-state index contributed by atoms with van der Waals surface area (Å²) in [4.78, 5) is 11.6. The SMILES string of the molecule is NC(=O)c1ccc(F)c2c1CC(NCCCCn1ccc3ccc(F)cc31)CO2. The molecule has 1 unspecified atom stereocenters. The molecule has 1 aromatic heterocycles. The number of benzene rings is 2. The van der Waals surface area contributed by atoms with Gasteiger partial charge in [-0.3, -0.25) is 4.79 Å². The smallest absolute Gasteiger partial charge is 0.249 e. The molecule has 3 aromatic rings. The van der Waals surface area contributed by atoms with E-state index >= 15 is 0 Å². The molecule has 0 spiro atoms. The first-order valence-corrected chi connectivity index (χ1v) is 9.74. The van der Waals surface area contributed by atoms with E-state index in [0.717, 1.165) is 36.8 Å². The maximum Gasteiger partial charge on any atom is 0.249 e. The van der Waals surface area contributed by atoms with Crippen LogP contribution in [0.2, 0.25) is 0 Å². The maximum absolute atomic E-state index is 13.9. The summed E-state index contributed by atoms with van der Waals surface area (Å²) >= 11 is 0. The summed E-state index contributed by atoms with van der Waals surface area (Å²) in [6.45, 7) is 1.90. The normalized spacial score (nSPS) is 15.9. The number of nitrogens with zero attached hydrogens (tertiary/aromatic N) is 1. The number of carbonyl (C=O) groups is 1. The molecule has 29 heavy (non-hydrogen) atoms. The first-order valence-electron chi connectivity index (χ1n) is 9.74. The quantitative estimate of drug-likeness (QED) is 0.599. The monoisotopic (exact) mass is 399 g/mol. The number of unbranched alkanes of at least 4 members (excludes halogenated alkanes) is 1. The number of carbonyl (C=O) groups excluding carboxylic acids is 1. The minimum atomic E-state index is -0.583. The molecule has 0 aliphatic carbocycles. The molecule has 0 fully saturated rings. The highest BCUT2D eigenvalue weighted by atomic mass is 19.1. The van der Waals surface area contributed by atoms with Gasteiger partial charge in [-0.15, -0.1) is 0 Å². The van der Waals surface area contributed by atoms with E-state index in [4.69, 9.17) is 10.5 Å². The third kappa shape index (κ3) is 4.10. The average molecular weight is 399 g/mol. The number of aromatic nitrogens is 1. The fourth-order valence-electron chi connectivity index (χ4n) is 3.87. The van der Waals surface area contributed by atoms with Gasteiger partial charge in [-0.05, 0) is 67.6 Å². The molecule has 2 aromatic carbocycles. The lowest BCUT2D eigenvalue weighted by atomic mass is 9.96. The van der Waals surface area contributed by atoms with Gasteiger partial charge in [0.05, 0.1) is 5.52 Å². The molecular weight excluding hydrogens is 376 g/mol. The van der Waals surface area contributed by atoms with Crippen molar-refractivity contribution < 1.29 is 18.3 Å². The number of aryl methyl sites for hydroxylation is 1. The molecule has 0 radical (unpaired) electrons. The Labute approximate surface area is 167 Å². The van der Waals surface area contributed by atoms with Gasteiger partial charge in [0.2, 0.25) is 5.91 Å². The molecule has 1 atom stereocenters. The van der Waals surface area contributed by atoms with E-state index in [9.17, 15) is 13.6 Å². The molecule has 1 amide bonds. The van der Waals surface area contributed by atoms with Gasteiger partial charge < -0.3 is 20.4 Å². The van der Waals surface area contributed by atoms with E-state index in [-0.39, 0.29) is 17.6 Å². The number of nitrogens with one attached hydrogen (secondary N) is 1. The van der Waals surface area contributed by atoms with Crippen molar-refractivity contribution in [3.05, 3.63) is 65.4 Å². The largest absolute Gasteiger partial charge is 0.489 e. The number of nitrogens with two attached hydrogens (primary N) is 1. The van der Waals surface area contributed by atoms with E-state index in [1.165, 1.54) is 18.2 Å². The Hall–Kier alpha value is -2.93. The molecule has 2 heterocycles. The molecule has 1 aliphatic rings. The molecule has 7 heteroatoms. The second-order valence-corrected chi connectivity index (χ2v) is 7.35. The summed E-state index contributed by atoms with van der Waals surface area (Å²) in [7, 11) is 0. The Morgan fingerprint density at radius 3 is 2.90 bits per heavy atom. The lowest BCUT2D eigenvalue weighted by Gasteiger charge is -2.27. The van der Waals surface area contributed by atoms with Crippen LogP contribution < -0.4 is 15.8 Å². The van der Waals surface area contributed by atoms with Crippen LogP contribution >= 0.6 is 0 Å². The predicted octanol–water partition coefficient (Wildman–Crippen LogP) is 3.39. The second-order valence-electron chi connectivity index (χ2n) is 7.35. The lowest BCUT2D eigenvalue weighted by Crippen LogP contribution is -2.40. The molecule has 0 saturated carbocycles. The Morgan fingerprint density at radius 1 is 1.21 bits per heavy atom. The van der Waals surface area contributed by atoms with E-state index in [2.05, 4.69) is 9.88 Å². The zero-order chi connectivity index (χ0) is 20.4. The number of halogens is 2. The summed E-state index contributed by atoms with van der Waals surface area (Å²) in [5.41, 5.74) is 7.14. The Balaban J connectivity index is 1.29. The van der Waals surface area contributed by atoms with Gasteiger partial charge in [0, 0.05) is 29.9 Å². The summed E-state index contributed by atoms with van der Waals surface area (Å²) in [5.74, 6) is -1.16. The minimum absolute atomic E-state index is 0.0103. The highest BCUT2D eigenvalue weighted by Gasteiger charge is 2.26. The van der Waals surface area contributed by atoms with Gasteiger partial charge in [0.25, 0.3) is 0 Å². The van der Waals surface area contributed by atoms with Gasteiger partial charge in [-0.2, -0.15) is 0 Å². The fourth-order valence-corrected chi connectivity index (χ4v) is 3.87. The zero-order valence-electron chi connectivity index (χ0n) is 16.0. The van der Waals surface area contributed by atoms with Gasteiger partial charge in [0.1, 0.15) is 12.4 Å². The number of primary amides is 1. The van der Waals surface area contributed by atoms with Crippen molar-refractivity contribution in [1.29, 1.82) is 0 Å². The van der Waals surface area contributed by atoms with Crippen molar-refractivity contribution in [2.75, 3.05) is 13.2 Å². The van der Waals surface area contributed by atoms with Crippen LogP contribution in [0.3, 0.4) is 0 Å². The maximum atomic E-state index is 13.9. The highest BCUT2D eigenvalue weighted by Crippen LogP contribution is 2.31. The molecule has 4 rings (SSSR count). The molecular formula is C22H23F2N3O2. The molecule has 3 N–H and O–H groups in total. The van der Waals surface area contributed by atoms with Crippen LogP contribution in [0.15, 0.2) is 42.6 Å². The van der Waals surface area contributed by atoms with Crippen molar-refractivity contribution in [2.24, 2.45) is 5.73 Å². The van der Waals surface area contributed by atoms with Crippen LogP contribution in [-0.4, -0.2) is 29.7 Å². The predicted molar refractivity (Wildman–Crippen MR) is 107 cm³/mol. The van der Waals surface area contributed by atoms with E-state index in [1.807, 2.05) is 12.3 Å². The number of hydrogen-bond donors (Lipinski definition) is 2. The number of hydrogen-bond acceptors (Lipinski definition) is 3. The number of fused-ring (bicyclic) bond motifs is 2. The van der Waals surface area contributed by atoms with Crippen LogP contribution in [0.5, 0.6) is 5.75 Å². The Bertz CT molecular complexity index is 1050. The summed E-state index contributed by atoms with van der Waals surface area (Å²) in [5, 5.41) is 4.43.